The molecule has 0 spiro atoms. The molecule has 0 unspecified atom stereocenters. The van der Waals surface area contributed by atoms with E-state index in [1.54, 1.807) is 4.90 Å². The number of carboxylic acids is 1. The van der Waals surface area contributed by atoms with Crippen molar-refractivity contribution in [1.29, 1.82) is 0 Å². The number of carbonyl (C=O) groups excluding carboxylic acids is 1. The number of aliphatic carboxylic acids is 1. The van der Waals surface area contributed by atoms with E-state index in [0.29, 0.717) is 13.0 Å². The van der Waals surface area contributed by atoms with E-state index in [4.69, 9.17) is 5.11 Å². The highest BCUT2D eigenvalue weighted by molar-refractivity contribution is 7.99. The molecule has 16 heavy (non-hydrogen) atoms. The first-order valence-corrected chi connectivity index (χ1v) is 6.96. The molecule has 0 aromatic heterocycles. The molecule has 2 heterocycles. The molecular weight excluding hydrogens is 226 g/mol. The van der Waals surface area contributed by atoms with Crippen molar-refractivity contribution in [3.05, 3.63) is 0 Å². The van der Waals surface area contributed by atoms with Crippen molar-refractivity contribution in [3.8, 4) is 0 Å². The van der Waals surface area contributed by atoms with Gasteiger partial charge in [0, 0.05) is 12.5 Å². The maximum atomic E-state index is 12.2. The van der Waals surface area contributed by atoms with Crippen LogP contribution < -0.4 is 0 Å². The fourth-order valence-corrected chi connectivity index (χ4v) is 3.57. The number of hydrogen-bond acceptors (Lipinski definition) is 3. The molecule has 0 saturated carbocycles. The van der Waals surface area contributed by atoms with E-state index in [0.717, 1.165) is 30.8 Å². The highest BCUT2D eigenvalue weighted by Crippen LogP contribution is 2.27. The maximum absolute atomic E-state index is 12.2. The van der Waals surface area contributed by atoms with Crippen molar-refractivity contribution in [2.75, 3.05) is 18.1 Å². The lowest BCUT2D eigenvalue weighted by Gasteiger charge is -2.28. The van der Waals surface area contributed by atoms with Gasteiger partial charge in [0.2, 0.25) is 5.91 Å². The summed E-state index contributed by atoms with van der Waals surface area (Å²) in [5, 5.41) is 9.03. The van der Waals surface area contributed by atoms with Crippen LogP contribution in [0, 0.1) is 5.92 Å². The van der Waals surface area contributed by atoms with Gasteiger partial charge in [0.25, 0.3) is 0 Å². The van der Waals surface area contributed by atoms with Crippen LogP contribution in [0.15, 0.2) is 0 Å². The summed E-state index contributed by atoms with van der Waals surface area (Å²) in [6, 6.07) is -0.568. The third kappa shape index (κ3) is 2.34. The van der Waals surface area contributed by atoms with Crippen LogP contribution in [0.1, 0.15) is 25.7 Å². The molecule has 5 heteroatoms. The molecule has 0 aromatic rings. The standard InChI is InChI=1S/C11H17NO3S/c13-10(8-3-6-16-7-4-8)12-5-1-2-9(12)11(14)15/h8-9H,1-7H2,(H,14,15)/t9-/m1/s1. The van der Waals surface area contributed by atoms with Crippen LogP contribution in [0.2, 0.25) is 0 Å². The highest BCUT2D eigenvalue weighted by Gasteiger charge is 2.37. The van der Waals surface area contributed by atoms with E-state index in [-0.39, 0.29) is 11.8 Å². The molecule has 2 aliphatic rings. The number of carboxylic acid groups (broad SMARTS) is 1. The van der Waals surface area contributed by atoms with Gasteiger partial charge < -0.3 is 10.0 Å². The lowest BCUT2D eigenvalue weighted by atomic mass is 10.0. The SMILES string of the molecule is O=C(O)[C@H]1CCCN1C(=O)C1CCSCC1. The Balaban J connectivity index is 1.99. The molecule has 0 radical (unpaired) electrons. The van der Waals surface area contributed by atoms with E-state index in [1.807, 2.05) is 11.8 Å². The van der Waals surface area contributed by atoms with Gasteiger partial charge in [0.05, 0.1) is 0 Å². The third-order valence-electron chi connectivity index (χ3n) is 3.39. The number of carbonyl (C=O) groups is 2. The summed E-state index contributed by atoms with van der Waals surface area (Å²) in [7, 11) is 0. The summed E-state index contributed by atoms with van der Waals surface area (Å²) in [5.74, 6) is 1.35. The van der Waals surface area contributed by atoms with Gasteiger partial charge >= 0.3 is 5.97 Å². The smallest absolute Gasteiger partial charge is 0.326 e. The summed E-state index contributed by atoms with van der Waals surface area (Å²) in [4.78, 5) is 24.8. The number of likely N-dealkylation sites (tertiary alicyclic amines) is 1. The number of amides is 1. The lowest BCUT2D eigenvalue weighted by Crippen LogP contribution is -2.44. The lowest BCUT2D eigenvalue weighted by molar-refractivity contribution is -0.150. The van der Waals surface area contributed by atoms with Gasteiger partial charge in [-0.25, -0.2) is 4.79 Å². The minimum Gasteiger partial charge on any atom is -0.480 e. The van der Waals surface area contributed by atoms with Crippen LogP contribution in [0.3, 0.4) is 0 Å². The van der Waals surface area contributed by atoms with Gasteiger partial charge in [-0.05, 0) is 37.2 Å². The first kappa shape index (κ1) is 11.8. The second-order valence-corrected chi connectivity index (χ2v) is 5.64. The van der Waals surface area contributed by atoms with Crippen molar-refractivity contribution in [2.24, 2.45) is 5.92 Å². The second kappa shape index (κ2) is 5.08. The largest absolute Gasteiger partial charge is 0.480 e. The van der Waals surface area contributed by atoms with Gasteiger partial charge in [-0.2, -0.15) is 11.8 Å². The molecule has 1 amide bonds. The molecule has 4 nitrogen and oxygen atoms in total. The molecular formula is C11H17NO3S. The first-order valence-electron chi connectivity index (χ1n) is 5.81. The molecule has 90 valence electrons. The minimum atomic E-state index is -0.851. The average molecular weight is 243 g/mol. The molecule has 2 aliphatic heterocycles. The number of rotatable bonds is 2. The number of nitrogens with zero attached hydrogens (tertiary/aromatic N) is 1. The summed E-state index contributed by atoms with van der Waals surface area (Å²) in [5.41, 5.74) is 0. The van der Waals surface area contributed by atoms with E-state index in [1.165, 1.54) is 0 Å². The van der Waals surface area contributed by atoms with Crippen LogP contribution in [0.25, 0.3) is 0 Å². The molecule has 0 bridgehead atoms. The third-order valence-corrected chi connectivity index (χ3v) is 4.44. The highest BCUT2D eigenvalue weighted by atomic mass is 32.2. The van der Waals surface area contributed by atoms with E-state index in [2.05, 4.69) is 0 Å². The predicted octanol–water partition coefficient (Wildman–Crippen LogP) is 1.21. The van der Waals surface area contributed by atoms with Crippen LogP contribution in [0.4, 0.5) is 0 Å². The van der Waals surface area contributed by atoms with Crippen LogP contribution >= 0.6 is 11.8 Å². The normalized spacial score (nSPS) is 27.0. The van der Waals surface area contributed by atoms with Crippen molar-refractivity contribution < 1.29 is 14.7 Å². The summed E-state index contributed by atoms with van der Waals surface area (Å²) in [6.45, 7) is 0.624. The van der Waals surface area contributed by atoms with Gasteiger partial charge in [0.1, 0.15) is 6.04 Å². The predicted molar refractivity (Wildman–Crippen MR) is 62.4 cm³/mol. The maximum Gasteiger partial charge on any atom is 0.326 e. The zero-order valence-corrected chi connectivity index (χ0v) is 10.0. The second-order valence-electron chi connectivity index (χ2n) is 4.41. The van der Waals surface area contributed by atoms with Crippen molar-refractivity contribution in [2.45, 2.75) is 31.7 Å². The fraction of sp³-hybridized carbons (Fsp3) is 0.818. The van der Waals surface area contributed by atoms with Gasteiger partial charge in [-0.1, -0.05) is 0 Å². The summed E-state index contributed by atoms with van der Waals surface area (Å²) >= 11 is 1.88. The Morgan fingerprint density at radius 3 is 2.50 bits per heavy atom. The Bertz CT molecular complexity index is 289. The van der Waals surface area contributed by atoms with Crippen LogP contribution in [-0.2, 0) is 9.59 Å². The van der Waals surface area contributed by atoms with Crippen molar-refractivity contribution in [1.82, 2.24) is 4.90 Å². The Hall–Kier alpha value is -0.710. The van der Waals surface area contributed by atoms with E-state index >= 15 is 0 Å². The van der Waals surface area contributed by atoms with Crippen LogP contribution in [-0.4, -0.2) is 46.0 Å². The first-order chi connectivity index (χ1) is 7.70. The summed E-state index contributed by atoms with van der Waals surface area (Å²) < 4.78 is 0. The topological polar surface area (TPSA) is 57.6 Å². The molecule has 0 aromatic carbocycles. The molecule has 0 aliphatic carbocycles. The Labute approximate surface area is 99.4 Å². The Kier molecular flexibility index (Phi) is 3.74. The average Bonchev–Trinajstić information content (AvgIpc) is 2.78. The van der Waals surface area contributed by atoms with Crippen molar-refractivity contribution in [3.63, 3.8) is 0 Å². The molecule has 2 fully saturated rings. The molecule has 1 N–H and O–H groups in total. The molecule has 1 atom stereocenters. The monoisotopic (exact) mass is 243 g/mol. The summed E-state index contributed by atoms with van der Waals surface area (Å²) in [6.07, 6.45) is 3.26. The molecule has 2 rings (SSSR count). The minimum absolute atomic E-state index is 0.0706. The van der Waals surface area contributed by atoms with Crippen molar-refractivity contribution >= 4 is 23.6 Å². The number of hydrogen-bond donors (Lipinski definition) is 1. The number of thioether (sulfide) groups is 1. The van der Waals surface area contributed by atoms with Crippen LogP contribution in [0.5, 0.6) is 0 Å². The van der Waals surface area contributed by atoms with E-state index < -0.39 is 12.0 Å². The fourth-order valence-electron chi connectivity index (χ4n) is 2.47. The van der Waals surface area contributed by atoms with Gasteiger partial charge in [-0.15, -0.1) is 0 Å². The van der Waals surface area contributed by atoms with Gasteiger partial charge in [-0.3, -0.25) is 4.79 Å². The quantitative estimate of drug-likeness (QED) is 0.792. The van der Waals surface area contributed by atoms with Gasteiger partial charge in [0.15, 0.2) is 0 Å². The Morgan fingerprint density at radius 1 is 1.19 bits per heavy atom. The zero-order chi connectivity index (χ0) is 11.5. The Morgan fingerprint density at radius 2 is 1.88 bits per heavy atom. The van der Waals surface area contributed by atoms with E-state index in [9.17, 15) is 9.59 Å². The molecule has 2 saturated heterocycles. The zero-order valence-electron chi connectivity index (χ0n) is 9.22.